The third-order valence-corrected chi connectivity index (χ3v) is 3.59. The summed E-state index contributed by atoms with van der Waals surface area (Å²) in [4.78, 5) is 0. The van der Waals surface area contributed by atoms with E-state index in [0.29, 0.717) is 5.92 Å². The van der Waals surface area contributed by atoms with Crippen LogP contribution in [0.2, 0.25) is 0 Å². The van der Waals surface area contributed by atoms with Gasteiger partial charge in [0.05, 0.1) is 0 Å². The lowest BCUT2D eigenvalue weighted by molar-refractivity contribution is 0.0185. The minimum absolute atomic E-state index is 0.119. The Balaban J connectivity index is 4.63. The summed E-state index contributed by atoms with van der Waals surface area (Å²) in [6.07, 6.45) is 6.01. The van der Waals surface area contributed by atoms with Gasteiger partial charge in [-0.3, -0.25) is 0 Å². The van der Waals surface area contributed by atoms with Crippen LogP contribution in [0.4, 0.5) is 0 Å². The summed E-state index contributed by atoms with van der Waals surface area (Å²) in [5, 5.41) is 18.9. The first-order chi connectivity index (χ1) is 7.31. The highest BCUT2D eigenvalue weighted by atomic mass is 16.3. The van der Waals surface area contributed by atoms with Gasteiger partial charge in [-0.05, 0) is 36.5 Å². The second-order valence-corrected chi connectivity index (χ2v) is 6.02. The minimum atomic E-state index is -0.123. The fraction of sp³-hybridized carbons (Fsp3) is 0.857. The van der Waals surface area contributed by atoms with E-state index in [-0.39, 0.29) is 24.0 Å². The molecule has 0 fully saturated rings. The normalized spacial score (nSPS) is 18.7. The Labute approximate surface area is 100 Å². The van der Waals surface area contributed by atoms with Crippen molar-refractivity contribution in [1.82, 2.24) is 0 Å². The van der Waals surface area contributed by atoms with Gasteiger partial charge in [-0.2, -0.15) is 0 Å². The van der Waals surface area contributed by atoms with Crippen LogP contribution in [0.15, 0.2) is 12.2 Å². The number of hydrogen-bond acceptors (Lipinski definition) is 2. The molecule has 16 heavy (non-hydrogen) atoms. The Bertz CT molecular complexity index is 221. The van der Waals surface area contributed by atoms with Gasteiger partial charge < -0.3 is 10.2 Å². The molecule has 0 bridgehead atoms. The zero-order valence-electron chi connectivity index (χ0n) is 11.5. The van der Waals surface area contributed by atoms with Crippen molar-refractivity contribution < 1.29 is 10.2 Å². The molecule has 0 aromatic rings. The van der Waals surface area contributed by atoms with Crippen molar-refractivity contribution in [3.8, 4) is 0 Å². The summed E-state index contributed by atoms with van der Waals surface area (Å²) >= 11 is 0. The third kappa shape index (κ3) is 4.67. The first kappa shape index (κ1) is 15.7. The van der Waals surface area contributed by atoms with Crippen LogP contribution < -0.4 is 0 Å². The van der Waals surface area contributed by atoms with Crippen LogP contribution in [0.25, 0.3) is 0 Å². The van der Waals surface area contributed by atoms with Crippen molar-refractivity contribution >= 4 is 0 Å². The highest BCUT2D eigenvalue weighted by molar-refractivity contribution is 4.90. The van der Waals surface area contributed by atoms with Crippen molar-refractivity contribution in [3.05, 3.63) is 12.2 Å². The monoisotopic (exact) mass is 228 g/mol. The molecule has 0 saturated heterocycles. The highest BCUT2D eigenvalue weighted by Gasteiger charge is 2.35. The Hall–Kier alpha value is -0.340. The molecule has 2 heteroatoms. The largest absolute Gasteiger partial charge is 0.396 e. The lowest BCUT2D eigenvalue weighted by Crippen LogP contribution is -2.36. The lowest BCUT2D eigenvalue weighted by Gasteiger charge is -2.39. The molecule has 0 aromatic heterocycles. The molecule has 0 aromatic carbocycles. The van der Waals surface area contributed by atoms with Crippen LogP contribution in [0, 0.1) is 16.7 Å². The van der Waals surface area contributed by atoms with Crippen molar-refractivity contribution in [3.63, 3.8) is 0 Å². The fourth-order valence-corrected chi connectivity index (χ4v) is 2.16. The van der Waals surface area contributed by atoms with Gasteiger partial charge in [0.1, 0.15) is 0 Å². The fourth-order valence-electron chi connectivity index (χ4n) is 2.16. The molecule has 96 valence electrons. The van der Waals surface area contributed by atoms with Gasteiger partial charge in [0.25, 0.3) is 0 Å². The molecule has 0 radical (unpaired) electrons. The molecule has 0 heterocycles. The van der Waals surface area contributed by atoms with E-state index in [1.165, 1.54) is 0 Å². The second kappa shape index (κ2) is 6.41. The molecule has 0 aliphatic carbocycles. The summed E-state index contributed by atoms with van der Waals surface area (Å²) < 4.78 is 0. The summed E-state index contributed by atoms with van der Waals surface area (Å²) in [6, 6.07) is 0. The zero-order valence-corrected chi connectivity index (χ0v) is 11.5. The molecule has 2 unspecified atom stereocenters. The van der Waals surface area contributed by atoms with Crippen LogP contribution in [0.1, 0.15) is 47.5 Å². The average molecular weight is 228 g/mol. The summed E-state index contributed by atoms with van der Waals surface area (Å²) in [5.41, 5.74) is -0.243. The predicted molar refractivity (Wildman–Crippen MR) is 69.3 cm³/mol. The second-order valence-electron chi connectivity index (χ2n) is 6.02. The summed E-state index contributed by atoms with van der Waals surface area (Å²) in [6.45, 7) is 10.7. The number of aliphatic hydroxyl groups excluding tert-OH is 2. The van der Waals surface area contributed by atoms with Crippen molar-refractivity contribution in [2.45, 2.75) is 47.5 Å². The van der Waals surface area contributed by atoms with E-state index in [2.05, 4.69) is 19.9 Å². The predicted octanol–water partition coefficient (Wildman–Crippen LogP) is 3.00. The molecule has 0 aliphatic heterocycles. The van der Waals surface area contributed by atoms with Gasteiger partial charge in [-0.1, -0.05) is 39.8 Å². The molecular weight excluding hydrogens is 200 g/mol. The van der Waals surface area contributed by atoms with E-state index < -0.39 is 0 Å². The molecule has 2 N–H and O–H groups in total. The Morgan fingerprint density at radius 3 is 2.06 bits per heavy atom. The van der Waals surface area contributed by atoms with Crippen LogP contribution in [0.3, 0.4) is 0 Å². The topological polar surface area (TPSA) is 40.5 Å². The molecule has 0 amide bonds. The van der Waals surface area contributed by atoms with E-state index in [4.69, 9.17) is 0 Å². The zero-order chi connectivity index (χ0) is 12.8. The molecule has 2 atom stereocenters. The average Bonchev–Trinajstić information content (AvgIpc) is 2.25. The maximum Gasteiger partial charge on any atom is 0.0487 e. The lowest BCUT2D eigenvalue weighted by atomic mass is 9.67. The molecule has 0 saturated carbocycles. The quantitative estimate of drug-likeness (QED) is 0.658. The van der Waals surface area contributed by atoms with Crippen LogP contribution in [-0.4, -0.2) is 23.4 Å². The molecule has 0 spiro atoms. The van der Waals surface area contributed by atoms with Gasteiger partial charge in [-0.15, -0.1) is 0 Å². The van der Waals surface area contributed by atoms with Crippen LogP contribution >= 0.6 is 0 Å². The van der Waals surface area contributed by atoms with E-state index in [0.717, 1.165) is 12.8 Å². The molecule has 0 rings (SSSR count). The van der Waals surface area contributed by atoms with E-state index in [9.17, 15) is 10.2 Å². The van der Waals surface area contributed by atoms with Gasteiger partial charge in [0, 0.05) is 13.2 Å². The summed E-state index contributed by atoms with van der Waals surface area (Å²) in [5.74, 6) is 0.416. The van der Waals surface area contributed by atoms with E-state index in [1.54, 1.807) is 0 Å². The Morgan fingerprint density at radius 1 is 1.12 bits per heavy atom. The smallest absolute Gasteiger partial charge is 0.0487 e. The number of rotatable bonds is 7. The van der Waals surface area contributed by atoms with Gasteiger partial charge in [0.15, 0.2) is 0 Å². The Kier molecular flexibility index (Phi) is 6.27. The maximum absolute atomic E-state index is 9.61. The van der Waals surface area contributed by atoms with Gasteiger partial charge in [0.2, 0.25) is 0 Å². The van der Waals surface area contributed by atoms with Crippen molar-refractivity contribution in [1.29, 1.82) is 0 Å². The van der Waals surface area contributed by atoms with E-state index in [1.807, 2.05) is 26.8 Å². The number of allylic oxidation sites excluding steroid dienone is 2. The van der Waals surface area contributed by atoms with Gasteiger partial charge in [-0.25, -0.2) is 0 Å². The van der Waals surface area contributed by atoms with Crippen LogP contribution in [-0.2, 0) is 0 Å². The SMILES string of the molecule is CC=CCC(C)C(C)(CO)CC(C)(C)CO. The maximum atomic E-state index is 9.61. The van der Waals surface area contributed by atoms with Crippen molar-refractivity contribution in [2.24, 2.45) is 16.7 Å². The third-order valence-electron chi connectivity index (χ3n) is 3.59. The first-order valence-corrected chi connectivity index (χ1v) is 6.14. The summed E-state index contributed by atoms with van der Waals surface area (Å²) in [7, 11) is 0. The molecule has 0 aliphatic rings. The van der Waals surface area contributed by atoms with Crippen molar-refractivity contribution in [2.75, 3.05) is 13.2 Å². The highest BCUT2D eigenvalue weighted by Crippen LogP contribution is 2.40. The molecular formula is C14H28O2. The Morgan fingerprint density at radius 2 is 1.69 bits per heavy atom. The van der Waals surface area contributed by atoms with Gasteiger partial charge >= 0.3 is 0 Å². The minimum Gasteiger partial charge on any atom is -0.396 e. The molecule has 2 nitrogen and oxygen atoms in total. The number of aliphatic hydroxyl groups is 2. The van der Waals surface area contributed by atoms with Crippen LogP contribution in [0.5, 0.6) is 0 Å². The standard InChI is InChI=1S/C14H28O2/c1-6-7-8-12(2)14(5,11-16)9-13(3,4)10-15/h6-7,12,15-16H,8-11H2,1-5H3. The number of hydrogen-bond donors (Lipinski definition) is 2. The first-order valence-electron chi connectivity index (χ1n) is 6.14. The van der Waals surface area contributed by atoms with E-state index >= 15 is 0 Å².